The predicted octanol–water partition coefficient (Wildman–Crippen LogP) is 1.28. The van der Waals surface area contributed by atoms with Crippen LogP contribution in [0.25, 0.3) is 0 Å². The molecule has 1 aromatic rings. The summed E-state index contributed by atoms with van der Waals surface area (Å²) in [5.74, 6) is 0. The molecule has 18 heavy (non-hydrogen) atoms. The van der Waals surface area contributed by atoms with Gasteiger partial charge >= 0.3 is 0 Å². The summed E-state index contributed by atoms with van der Waals surface area (Å²) in [6.07, 6.45) is 5.19. The summed E-state index contributed by atoms with van der Waals surface area (Å²) in [7, 11) is 1.98. The van der Waals surface area contributed by atoms with Crippen LogP contribution in [0, 0.1) is 5.41 Å². The van der Waals surface area contributed by atoms with E-state index in [0.717, 1.165) is 32.6 Å². The van der Waals surface area contributed by atoms with Gasteiger partial charge in [-0.2, -0.15) is 5.10 Å². The van der Waals surface area contributed by atoms with E-state index in [0.29, 0.717) is 11.5 Å². The van der Waals surface area contributed by atoms with E-state index in [4.69, 9.17) is 0 Å². The van der Waals surface area contributed by atoms with Gasteiger partial charge in [0.05, 0.1) is 6.20 Å². The van der Waals surface area contributed by atoms with Crippen LogP contribution in [0.4, 0.5) is 0 Å². The molecule has 0 amide bonds. The highest BCUT2D eigenvalue weighted by molar-refractivity contribution is 5.04. The summed E-state index contributed by atoms with van der Waals surface area (Å²) >= 11 is 0. The van der Waals surface area contributed by atoms with Gasteiger partial charge in [-0.15, -0.1) is 0 Å². The van der Waals surface area contributed by atoms with Crippen molar-refractivity contribution in [1.29, 1.82) is 0 Å². The molecule has 0 radical (unpaired) electrons. The van der Waals surface area contributed by atoms with Crippen LogP contribution < -0.4 is 5.32 Å². The van der Waals surface area contributed by atoms with E-state index < -0.39 is 0 Å². The summed E-state index contributed by atoms with van der Waals surface area (Å²) in [4.78, 5) is 2.57. The predicted molar refractivity (Wildman–Crippen MR) is 74.6 cm³/mol. The lowest BCUT2D eigenvalue weighted by molar-refractivity contribution is 0.135. The minimum absolute atomic E-state index is 0.340. The average Bonchev–Trinajstić information content (AvgIpc) is 2.72. The van der Waals surface area contributed by atoms with Crippen molar-refractivity contribution in [2.75, 3.05) is 26.2 Å². The van der Waals surface area contributed by atoms with Gasteiger partial charge in [-0.3, -0.25) is 4.68 Å². The second-order valence-electron chi connectivity index (χ2n) is 6.45. The molecule has 1 saturated heterocycles. The average molecular weight is 250 g/mol. The maximum Gasteiger partial charge on any atom is 0.0522 e. The summed E-state index contributed by atoms with van der Waals surface area (Å²) < 4.78 is 1.88. The van der Waals surface area contributed by atoms with Crippen LogP contribution in [0.5, 0.6) is 0 Å². The van der Waals surface area contributed by atoms with Crippen molar-refractivity contribution in [2.45, 2.75) is 33.2 Å². The standard InChI is InChI=1S/C14H26N4/c1-14(2,3)13-11-18(8-6-15-13)7-5-12-9-16-17(4)10-12/h9-10,13,15H,5-8,11H2,1-4H3. The number of piperazine rings is 1. The molecule has 0 spiro atoms. The van der Waals surface area contributed by atoms with Crippen LogP contribution in [0.3, 0.4) is 0 Å². The van der Waals surface area contributed by atoms with Gasteiger partial charge in [0.1, 0.15) is 0 Å². The maximum absolute atomic E-state index is 4.22. The van der Waals surface area contributed by atoms with Gasteiger partial charge in [0, 0.05) is 45.5 Å². The quantitative estimate of drug-likeness (QED) is 0.877. The van der Waals surface area contributed by atoms with Crippen LogP contribution in [-0.2, 0) is 13.5 Å². The van der Waals surface area contributed by atoms with Gasteiger partial charge in [0.2, 0.25) is 0 Å². The van der Waals surface area contributed by atoms with E-state index in [9.17, 15) is 0 Å². The zero-order valence-electron chi connectivity index (χ0n) is 12.1. The Balaban J connectivity index is 1.83. The zero-order chi connectivity index (χ0) is 13.2. The van der Waals surface area contributed by atoms with Gasteiger partial charge in [0.15, 0.2) is 0 Å². The molecular weight excluding hydrogens is 224 g/mol. The fourth-order valence-corrected chi connectivity index (χ4v) is 2.48. The summed E-state index contributed by atoms with van der Waals surface area (Å²) in [6, 6.07) is 0.597. The number of aromatic nitrogens is 2. The van der Waals surface area contributed by atoms with Crippen molar-refractivity contribution in [3.63, 3.8) is 0 Å². The maximum atomic E-state index is 4.22. The van der Waals surface area contributed by atoms with Crippen molar-refractivity contribution in [2.24, 2.45) is 12.5 Å². The van der Waals surface area contributed by atoms with Gasteiger partial charge in [-0.25, -0.2) is 0 Å². The Bertz CT molecular complexity index is 377. The molecule has 1 fully saturated rings. The molecule has 4 heteroatoms. The second kappa shape index (κ2) is 5.41. The van der Waals surface area contributed by atoms with E-state index in [1.165, 1.54) is 5.56 Å². The topological polar surface area (TPSA) is 33.1 Å². The molecule has 2 rings (SSSR count). The monoisotopic (exact) mass is 250 g/mol. The summed E-state index contributed by atoms with van der Waals surface area (Å²) in [5.41, 5.74) is 1.68. The molecule has 2 heterocycles. The first-order valence-electron chi connectivity index (χ1n) is 6.88. The van der Waals surface area contributed by atoms with Gasteiger partial charge in [-0.1, -0.05) is 20.8 Å². The smallest absolute Gasteiger partial charge is 0.0522 e. The van der Waals surface area contributed by atoms with Crippen LogP contribution in [0.1, 0.15) is 26.3 Å². The minimum atomic E-state index is 0.340. The van der Waals surface area contributed by atoms with Crippen LogP contribution >= 0.6 is 0 Å². The van der Waals surface area contributed by atoms with Crippen LogP contribution in [0.2, 0.25) is 0 Å². The summed E-state index contributed by atoms with van der Waals surface area (Å²) in [5, 5.41) is 7.85. The Hall–Kier alpha value is -0.870. The van der Waals surface area contributed by atoms with Gasteiger partial charge < -0.3 is 10.2 Å². The molecule has 1 N–H and O–H groups in total. The molecule has 0 aliphatic carbocycles. The normalized spacial score (nSPS) is 22.3. The first-order valence-corrected chi connectivity index (χ1v) is 6.88. The molecule has 1 atom stereocenters. The molecule has 0 bridgehead atoms. The van der Waals surface area contributed by atoms with E-state index >= 15 is 0 Å². The third-order valence-electron chi connectivity index (χ3n) is 3.78. The summed E-state index contributed by atoms with van der Waals surface area (Å²) in [6.45, 7) is 11.5. The molecule has 1 unspecified atom stereocenters. The zero-order valence-corrected chi connectivity index (χ0v) is 12.1. The Morgan fingerprint density at radius 2 is 2.22 bits per heavy atom. The number of rotatable bonds is 3. The van der Waals surface area contributed by atoms with Gasteiger partial charge in [-0.05, 0) is 17.4 Å². The van der Waals surface area contributed by atoms with Crippen LogP contribution in [-0.4, -0.2) is 46.9 Å². The van der Waals surface area contributed by atoms with E-state index in [2.05, 4.69) is 42.3 Å². The molecule has 1 aliphatic heterocycles. The largest absolute Gasteiger partial charge is 0.311 e. The lowest BCUT2D eigenvalue weighted by atomic mass is 9.85. The second-order valence-corrected chi connectivity index (χ2v) is 6.45. The van der Waals surface area contributed by atoms with Crippen LogP contribution in [0.15, 0.2) is 12.4 Å². The third kappa shape index (κ3) is 3.56. The van der Waals surface area contributed by atoms with Crippen molar-refractivity contribution < 1.29 is 0 Å². The Kier molecular flexibility index (Phi) is 4.07. The van der Waals surface area contributed by atoms with E-state index in [1.807, 2.05) is 17.9 Å². The minimum Gasteiger partial charge on any atom is -0.311 e. The first kappa shape index (κ1) is 13.6. The third-order valence-corrected chi connectivity index (χ3v) is 3.78. The van der Waals surface area contributed by atoms with Crippen molar-refractivity contribution in [1.82, 2.24) is 20.0 Å². The Labute approximate surface area is 110 Å². The Morgan fingerprint density at radius 1 is 1.44 bits per heavy atom. The lowest BCUT2D eigenvalue weighted by Gasteiger charge is -2.40. The van der Waals surface area contributed by atoms with Crippen molar-refractivity contribution in [3.05, 3.63) is 18.0 Å². The fraction of sp³-hybridized carbons (Fsp3) is 0.786. The molecule has 102 valence electrons. The highest BCUT2D eigenvalue weighted by atomic mass is 15.2. The molecule has 1 aliphatic rings. The van der Waals surface area contributed by atoms with E-state index in [1.54, 1.807) is 0 Å². The van der Waals surface area contributed by atoms with Crippen molar-refractivity contribution in [3.8, 4) is 0 Å². The molecular formula is C14H26N4. The fourth-order valence-electron chi connectivity index (χ4n) is 2.48. The van der Waals surface area contributed by atoms with Crippen molar-refractivity contribution >= 4 is 0 Å². The molecule has 4 nitrogen and oxygen atoms in total. The SMILES string of the molecule is Cn1cc(CCN2CCNC(C(C)(C)C)C2)cn1. The Morgan fingerprint density at radius 3 is 2.83 bits per heavy atom. The number of hydrogen-bond acceptors (Lipinski definition) is 3. The molecule has 1 aromatic heterocycles. The highest BCUT2D eigenvalue weighted by Gasteiger charge is 2.28. The van der Waals surface area contributed by atoms with Gasteiger partial charge in [0.25, 0.3) is 0 Å². The molecule has 0 aromatic carbocycles. The number of aryl methyl sites for hydroxylation is 1. The molecule has 0 saturated carbocycles. The highest BCUT2D eigenvalue weighted by Crippen LogP contribution is 2.21. The number of nitrogens with zero attached hydrogens (tertiary/aromatic N) is 3. The number of hydrogen-bond donors (Lipinski definition) is 1. The first-order chi connectivity index (χ1) is 8.45. The lowest BCUT2D eigenvalue weighted by Crippen LogP contribution is -2.56. The van der Waals surface area contributed by atoms with E-state index in [-0.39, 0.29) is 0 Å². The number of nitrogens with one attached hydrogen (secondary N) is 1.